The van der Waals surface area contributed by atoms with E-state index in [4.69, 9.17) is 0 Å². The molecule has 68 valence electrons. The SMILES string of the molecule is [CH2-]CCCCc1ccccc1.[Cl-].[Mg+2]. The third kappa shape index (κ3) is 7.36. The number of hydrogen-bond acceptors (Lipinski definition) is 0. The second-order valence-corrected chi connectivity index (χ2v) is 2.80. The Morgan fingerprint density at radius 1 is 1.00 bits per heavy atom. The molecule has 0 nitrogen and oxygen atoms in total. The van der Waals surface area contributed by atoms with Gasteiger partial charge in [0.1, 0.15) is 0 Å². The van der Waals surface area contributed by atoms with E-state index < -0.39 is 0 Å². The van der Waals surface area contributed by atoms with E-state index in [1.54, 1.807) is 0 Å². The molecule has 0 aliphatic carbocycles. The minimum atomic E-state index is 0. The monoisotopic (exact) mass is 206 g/mol. The van der Waals surface area contributed by atoms with Gasteiger partial charge in [-0.2, -0.15) is 6.42 Å². The zero-order valence-electron chi connectivity index (χ0n) is 8.01. The number of benzene rings is 1. The topological polar surface area (TPSA) is 0 Å². The largest absolute Gasteiger partial charge is 2.00 e. The fraction of sp³-hybridized carbons (Fsp3) is 0.364. The normalized spacial score (nSPS) is 8.38. The van der Waals surface area contributed by atoms with Gasteiger partial charge in [-0.1, -0.05) is 43.2 Å². The maximum absolute atomic E-state index is 3.82. The van der Waals surface area contributed by atoms with Crippen LogP contribution in [0.1, 0.15) is 24.8 Å². The Morgan fingerprint density at radius 3 is 2.15 bits per heavy atom. The van der Waals surface area contributed by atoms with Gasteiger partial charge in [-0.15, -0.1) is 0 Å². The molecular formula is C11H15ClMg. The van der Waals surface area contributed by atoms with Crippen LogP contribution in [-0.4, -0.2) is 23.1 Å². The Kier molecular flexibility index (Phi) is 12.5. The molecule has 0 heterocycles. The van der Waals surface area contributed by atoms with E-state index in [-0.39, 0.29) is 35.5 Å². The zero-order valence-corrected chi connectivity index (χ0v) is 10.2. The van der Waals surface area contributed by atoms with Gasteiger partial charge < -0.3 is 19.3 Å². The Balaban J connectivity index is 0. The van der Waals surface area contributed by atoms with E-state index in [9.17, 15) is 0 Å². The first-order chi connectivity index (χ1) is 5.43. The predicted octanol–water partition coefficient (Wildman–Crippen LogP) is -0.143. The number of hydrogen-bond donors (Lipinski definition) is 0. The Labute approximate surface area is 104 Å². The molecule has 0 spiro atoms. The average Bonchev–Trinajstić information content (AvgIpc) is 2.07. The molecule has 1 aromatic carbocycles. The summed E-state index contributed by atoms with van der Waals surface area (Å²) in [6.45, 7) is 3.82. The van der Waals surface area contributed by atoms with E-state index in [1.807, 2.05) is 0 Å². The van der Waals surface area contributed by atoms with Crippen LogP contribution in [0, 0.1) is 6.92 Å². The fourth-order valence-corrected chi connectivity index (χ4v) is 1.15. The standard InChI is InChI=1S/C11H15.ClH.Mg/c1-2-3-5-8-11-9-6-4-7-10-11;;/h4,6-7,9-10H,1-3,5,8H2;1H;/q-1;;+2/p-1. The van der Waals surface area contributed by atoms with Crippen molar-refractivity contribution in [1.29, 1.82) is 0 Å². The molecule has 0 unspecified atom stereocenters. The molecule has 0 N–H and O–H groups in total. The molecule has 0 bridgehead atoms. The van der Waals surface area contributed by atoms with E-state index >= 15 is 0 Å². The summed E-state index contributed by atoms with van der Waals surface area (Å²) < 4.78 is 0. The van der Waals surface area contributed by atoms with Crippen LogP contribution in [0.2, 0.25) is 0 Å². The zero-order chi connectivity index (χ0) is 7.94. The quantitative estimate of drug-likeness (QED) is 0.366. The first-order valence-corrected chi connectivity index (χ1v) is 4.26. The van der Waals surface area contributed by atoms with Crippen LogP contribution >= 0.6 is 0 Å². The summed E-state index contributed by atoms with van der Waals surface area (Å²) in [4.78, 5) is 0. The number of halogens is 1. The minimum Gasteiger partial charge on any atom is -1.00 e. The van der Waals surface area contributed by atoms with Crippen molar-refractivity contribution in [3.8, 4) is 0 Å². The van der Waals surface area contributed by atoms with Gasteiger partial charge in [-0.3, -0.25) is 0 Å². The van der Waals surface area contributed by atoms with Crippen LogP contribution in [0.25, 0.3) is 0 Å². The molecule has 0 saturated carbocycles. The van der Waals surface area contributed by atoms with Crippen molar-refractivity contribution in [3.05, 3.63) is 42.8 Å². The second-order valence-electron chi connectivity index (χ2n) is 2.80. The summed E-state index contributed by atoms with van der Waals surface area (Å²) >= 11 is 0. The van der Waals surface area contributed by atoms with Crippen LogP contribution in [0.4, 0.5) is 0 Å². The molecule has 0 aliphatic rings. The van der Waals surface area contributed by atoms with Crippen molar-refractivity contribution in [3.63, 3.8) is 0 Å². The molecule has 0 fully saturated rings. The molecule has 0 radical (unpaired) electrons. The van der Waals surface area contributed by atoms with Crippen molar-refractivity contribution >= 4 is 23.1 Å². The second kappa shape index (κ2) is 10.4. The van der Waals surface area contributed by atoms with Gasteiger partial charge in [0.2, 0.25) is 0 Å². The van der Waals surface area contributed by atoms with E-state index in [0.29, 0.717) is 0 Å². The molecule has 0 aromatic heterocycles. The molecule has 1 rings (SSSR count). The van der Waals surface area contributed by atoms with Gasteiger partial charge in [-0.25, -0.2) is 0 Å². The number of aryl methyl sites for hydroxylation is 1. The third-order valence-electron chi connectivity index (χ3n) is 1.81. The molecule has 2 heteroatoms. The van der Waals surface area contributed by atoms with E-state index in [2.05, 4.69) is 37.3 Å². The van der Waals surface area contributed by atoms with Crippen molar-refractivity contribution in [2.75, 3.05) is 0 Å². The van der Waals surface area contributed by atoms with Crippen LogP contribution in [-0.2, 0) is 6.42 Å². The van der Waals surface area contributed by atoms with Crippen LogP contribution in [0.5, 0.6) is 0 Å². The van der Waals surface area contributed by atoms with Crippen molar-refractivity contribution < 1.29 is 12.4 Å². The summed E-state index contributed by atoms with van der Waals surface area (Å²) in [7, 11) is 0. The Morgan fingerprint density at radius 2 is 1.62 bits per heavy atom. The smallest absolute Gasteiger partial charge is 1.00 e. The third-order valence-corrected chi connectivity index (χ3v) is 1.81. The van der Waals surface area contributed by atoms with Crippen LogP contribution in [0.3, 0.4) is 0 Å². The number of unbranched alkanes of at least 4 members (excludes halogenated alkanes) is 2. The van der Waals surface area contributed by atoms with Gasteiger partial charge in [0.05, 0.1) is 0 Å². The Bertz CT molecular complexity index is 187. The summed E-state index contributed by atoms with van der Waals surface area (Å²) in [6.07, 6.45) is 4.78. The summed E-state index contributed by atoms with van der Waals surface area (Å²) in [5, 5.41) is 0. The van der Waals surface area contributed by atoms with Crippen molar-refractivity contribution in [1.82, 2.24) is 0 Å². The van der Waals surface area contributed by atoms with Crippen molar-refractivity contribution in [2.24, 2.45) is 0 Å². The molecule has 0 saturated heterocycles. The van der Waals surface area contributed by atoms with Gasteiger partial charge in [0.15, 0.2) is 0 Å². The average molecular weight is 207 g/mol. The number of rotatable bonds is 4. The molecule has 0 atom stereocenters. The van der Waals surface area contributed by atoms with Gasteiger partial charge in [0.25, 0.3) is 0 Å². The summed E-state index contributed by atoms with van der Waals surface area (Å²) in [5.41, 5.74) is 1.45. The first kappa shape index (κ1) is 15.7. The Hall–Kier alpha value is 0.276. The molecule has 1 aromatic rings. The first-order valence-electron chi connectivity index (χ1n) is 4.26. The van der Waals surface area contributed by atoms with E-state index in [0.717, 1.165) is 6.42 Å². The van der Waals surface area contributed by atoms with Gasteiger partial charge in [-0.05, 0) is 12.0 Å². The predicted molar refractivity (Wildman–Crippen MR) is 55.1 cm³/mol. The van der Waals surface area contributed by atoms with Crippen LogP contribution in [0.15, 0.2) is 30.3 Å². The van der Waals surface area contributed by atoms with Crippen LogP contribution < -0.4 is 12.4 Å². The fourth-order valence-electron chi connectivity index (χ4n) is 1.15. The van der Waals surface area contributed by atoms with E-state index in [1.165, 1.54) is 24.8 Å². The van der Waals surface area contributed by atoms with Gasteiger partial charge in [0, 0.05) is 0 Å². The molecule has 13 heavy (non-hydrogen) atoms. The van der Waals surface area contributed by atoms with Gasteiger partial charge >= 0.3 is 23.1 Å². The molecule has 0 amide bonds. The maximum Gasteiger partial charge on any atom is 2.00 e. The maximum atomic E-state index is 3.82. The van der Waals surface area contributed by atoms with Crippen molar-refractivity contribution in [2.45, 2.75) is 25.7 Å². The summed E-state index contributed by atoms with van der Waals surface area (Å²) in [5.74, 6) is 0. The molecule has 0 aliphatic heterocycles. The molecular weight excluding hydrogens is 192 g/mol. The minimum absolute atomic E-state index is 0. The summed E-state index contributed by atoms with van der Waals surface area (Å²) in [6, 6.07) is 10.6.